The van der Waals surface area contributed by atoms with Gasteiger partial charge in [0.1, 0.15) is 5.71 Å². The van der Waals surface area contributed by atoms with E-state index in [2.05, 4.69) is 5.16 Å². The molecule has 1 aliphatic rings. The maximum atomic E-state index is 12.0. The second kappa shape index (κ2) is 6.52. The fourth-order valence-corrected chi connectivity index (χ4v) is 2.15. The molecule has 0 N–H and O–H groups in total. The Balaban J connectivity index is 2.20. The molecular formula is C18H19NO3. The molecule has 0 bridgehead atoms. The van der Waals surface area contributed by atoms with Crippen molar-refractivity contribution in [1.82, 2.24) is 0 Å². The topological polar surface area (TPSA) is 55.7 Å². The first-order valence-electron chi connectivity index (χ1n) is 7.19. The van der Waals surface area contributed by atoms with E-state index < -0.39 is 5.97 Å². The van der Waals surface area contributed by atoms with Gasteiger partial charge in [-0.05, 0) is 49.6 Å². The molecule has 0 fully saturated rings. The van der Waals surface area contributed by atoms with Crippen molar-refractivity contribution in [2.75, 3.05) is 0 Å². The summed E-state index contributed by atoms with van der Waals surface area (Å²) in [4.78, 5) is 28.9. The van der Waals surface area contributed by atoms with Crippen LogP contribution in [0.1, 0.15) is 36.7 Å². The minimum absolute atomic E-state index is 0.0172. The Morgan fingerprint density at radius 2 is 1.91 bits per heavy atom. The Bertz CT molecular complexity index is 709. The second-order valence-corrected chi connectivity index (χ2v) is 5.67. The Kier molecular flexibility index (Phi) is 4.71. The summed E-state index contributed by atoms with van der Waals surface area (Å²) in [5.74, 6) is -0.439. The van der Waals surface area contributed by atoms with E-state index in [9.17, 15) is 9.59 Å². The predicted octanol–water partition coefficient (Wildman–Crippen LogP) is 3.62. The summed E-state index contributed by atoms with van der Waals surface area (Å²) in [5, 5.41) is 3.91. The van der Waals surface area contributed by atoms with Gasteiger partial charge >= 0.3 is 5.97 Å². The molecule has 0 aliphatic heterocycles. The van der Waals surface area contributed by atoms with Crippen LogP contribution in [-0.2, 0) is 9.63 Å². The van der Waals surface area contributed by atoms with Crippen LogP contribution < -0.4 is 0 Å². The van der Waals surface area contributed by atoms with E-state index in [1.54, 1.807) is 31.2 Å². The summed E-state index contributed by atoms with van der Waals surface area (Å²) >= 11 is 0. The molecule has 0 saturated carbocycles. The first-order chi connectivity index (χ1) is 10.4. The summed E-state index contributed by atoms with van der Waals surface area (Å²) in [5.41, 5.74) is 3.28. The third-order valence-electron chi connectivity index (χ3n) is 3.43. The van der Waals surface area contributed by atoms with Crippen molar-refractivity contribution in [3.63, 3.8) is 0 Å². The Labute approximate surface area is 130 Å². The zero-order valence-electron chi connectivity index (χ0n) is 13.2. The van der Waals surface area contributed by atoms with Crippen LogP contribution in [0.2, 0.25) is 0 Å². The molecule has 4 heteroatoms. The molecule has 0 unspecified atom stereocenters. The number of nitrogens with zero attached hydrogens (tertiary/aromatic N) is 1. The summed E-state index contributed by atoms with van der Waals surface area (Å²) in [7, 11) is 0. The summed E-state index contributed by atoms with van der Waals surface area (Å²) in [6, 6.07) is 7.11. The molecule has 22 heavy (non-hydrogen) atoms. The maximum Gasteiger partial charge on any atom is 0.365 e. The summed E-state index contributed by atoms with van der Waals surface area (Å²) < 4.78 is 0. The fraction of sp³-hybridized carbons (Fsp3) is 0.278. The van der Waals surface area contributed by atoms with Crippen molar-refractivity contribution in [3.8, 4) is 0 Å². The quantitative estimate of drug-likeness (QED) is 0.486. The van der Waals surface area contributed by atoms with Crippen LogP contribution in [0.4, 0.5) is 0 Å². The first kappa shape index (κ1) is 15.9. The number of allylic oxidation sites excluding steroid dienone is 4. The third-order valence-corrected chi connectivity index (χ3v) is 3.43. The van der Waals surface area contributed by atoms with Crippen molar-refractivity contribution in [2.24, 2.45) is 11.1 Å². The van der Waals surface area contributed by atoms with Crippen LogP contribution in [0, 0.1) is 12.8 Å². The Hall–Kier alpha value is -2.49. The molecule has 0 saturated heterocycles. The number of aryl methyl sites for hydroxylation is 1. The molecule has 1 aromatic rings. The number of carbonyl (C=O) groups is 2. The SMILES string of the molecule is CC1=CC(=O)C(C(C)C)=CC1=NOC(=O)c1cccc(C)c1. The second-order valence-electron chi connectivity index (χ2n) is 5.67. The maximum absolute atomic E-state index is 12.0. The zero-order chi connectivity index (χ0) is 16.3. The number of ketones is 1. The Morgan fingerprint density at radius 1 is 1.18 bits per heavy atom. The normalized spacial score (nSPS) is 16.6. The van der Waals surface area contributed by atoms with E-state index in [4.69, 9.17) is 4.84 Å². The average Bonchev–Trinajstić information content (AvgIpc) is 2.45. The van der Waals surface area contributed by atoms with E-state index in [0.29, 0.717) is 22.4 Å². The number of hydrogen-bond donors (Lipinski definition) is 0. The smallest absolute Gasteiger partial charge is 0.312 e. The average molecular weight is 297 g/mol. The molecule has 1 aliphatic carbocycles. The van der Waals surface area contributed by atoms with Crippen LogP contribution in [-0.4, -0.2) is 17.5 Å². The standard InChI is InChI=1S/C18H19NO3/c1-11(2)15-10-16(13(4)9-17(15)20)19-22-18(21)14-7-5-6-12(3)8-14/h5-11H,1-4H3. The first-order valence-corrected chi connectivity index (χ1v) is 7.19. The van der Waals surface area contributed by atoms with Crippen LogP contribution in [0.3, 0.4) is 0 Å². The summed E-state index contributed by atoms with van der Waals surface area (Å²) in [6.45, 7) is 7.55. The molecule has 0 amide bonds. The Morgan fingerprint density at radius 3 is 2.55 bits per heavy atom. The van der Waals surface area contributed by atoms with E-state index in [1.807, 2.05) is 26.8 Å². The van der Waals surface area contributed by atoms with Crippen molar-refractivity contribution in [3.05, 3.63) is 58.7 Å². The van der Waals surface area contributed by atoms with Crippen LogP contribution in [0.15, 0.2) is 52.7 Å². The van der Waals surface area contributed by atoms with Gasteiger partial charge in [0.25, 0.3) is 0 Å². The van der Waals surface area contributed by atoms with E-state index in [0.717, 1.165) is 5.56 Å². The lowest BCUT2D eigenvalue weighted by molar-refractivity contribution is -0.111. The highest BCUT2D eigenvalue weighted by atomic mass is 16.7. The number of rotatable bonds is 3. The largest absolute Gasteiger partial charge is 0.365 e. The molecule has 4 nitrogen and oxygen atoms in total. The molecule has 0 radical (unpaired) electrons. The minimum atomic E-state index is -0.514. The lowest BCUT2D eigenvalue weighted by atomic mass is 9.90. The molecule has 2 rings (SSSR count). The van der Waals surface area contributed by atoms with Gasteiger partial charge in [-0.15, -0.1) is 0 Å². The molecule has 0 heterocycles. The van der Waals surface area contributed by atoms with Crippen LogP contribution >= 0.6 is 0 Å². The van der Waals surface area contributed by atoms with Gasteiger partial charge in [0, 0.05) is 5.57 Å². The third kappa shape index (κ3) is 3.58. The van der Waals surface area contributed by atoms with Gasteiger partial charge in [-0.25, -0.2) is 4.79 Å². The van der Waals surface area contributed by atoms with Gasteiger partial charge in [-0.2, -0.15) is 0 Å². The number of hydrogen-bond acceptors (Lipinski definition) is 4. The molecule has 0 atom stereocenters. The van der Waals surface area contributed by atoms with Gasteiger partial charge in [0.05, 0.1) is 5.56 Å². The van der Waals surface area contributed by atoms with Gasteiger partial charge in [-0.3, -0.25) is 4.79 Å². The van der Waals surface area contributed by atoms with Gasteiger partial charge < -0.3 is 4.84 Å². The lowest BCUT2D eigenvalue weighted by Gasteiger charge is -2.14. The van der Waals surface area contributed by atoms with Gasteiger partial charge in [0.2, 0.25) is 0 Å². The monoisotopic (exact) mass is 297 g/mol. The molecular weight excluding hydrogens is 278 g/mol. The van der Waals surface area contributed by atoms with Crippen molar-refractivity contribution in [2.45, 2.75) is 27.7 Å². The van der Waals surface area contributed by atoms with Crippen LogP contribution in [0.25, 0.3) is 0 Å². The van der Waals surface area contributed by atoms with E-state index in [1.165, 1.54) is 6.08 Å². The molecule has 114 valence electrons. The molecule has 0 spiro atoms. The van der Waals surface area contributed by atoms with Crippen LogP contribution in [0.5, 0.6) is 0 Å². The predicted molar refractivity (Wildman–Crippen MR) is 85.7 cm³/mol. The lowest BCUT2D eigenvalue weighted by Crippen LogP contribution is -2.16. The zero-order valence-corrected chi connectivity index (χ0v) is 13.2. The summed E-state index contributed by atoms with van der Waals surface area (Å²) in [6.07, 6.45) is 3.21. The van der Waals surface area contributed by atoms with E-state index >= 15 is 0 Å². The fourth-order valence-electron chi connectivity index (χ4n) is 2.15. The highest BCUT2D eigenvalue weighted by molar-refractivity contribution is 6.21. The molecule has 1 aromatic carbocycles. The highest BCUT2D eigenvalue weighted by Crippen LogP contribution is 2.19. The number of carbonyl (C=O) groups excluding carboxylic acids is 2. The van der Waals surface area contributed by atoms with Crippen molar-refractivity contribution < 1.29 is 14.4 Å². The molecule has 0 aromatic heterocycles. The van der Waals surface area contributed by atoms with Crippen molar-refractivity contribution >= 4 is 17.5 Å². The highest BCUT2D eigenvalue weighted by Gasteiger charge is 2.19. The minimum Gasteiger partial charge on any atom is -0.312 e. The number of oxime groups is 1. The van der Waals surface area contributed by atoms with Crippen molar-refractivity contribution in [1.29, 1.82) is 0 Å². The van der Waals surface area contributed by atoms with E-state index in [-0.39, 0.29) is 11.7 Å². The number of benzene rings is 1. The van der Waals surface area contributed by atoms with Gasteiger partial charge in [0.15, 0.2) is 5.78 Å². The van der Waals surface area contributed by atoms with Gasteiger partial charge in [-0.1, -0.05) is 36.7 Å².